The molecule has 2 rings (SSSR count). The van der Waals surface area contributed by atoms with Crippen molar-refractivity contribution in [2.75, 3.05) is 46.9 Å². The first-order valence-electron chi connectivity index (χ1n) is 5.46. The molecule has 0 aromatic carbocycles. The van der Waals surface area contributed by atoms with Gasteiger partial charge in [0, 0.05) is 19.6 Å². The predicted octanol–water partition coefficient (Wildman–Crippen LogP) is -1.25. The zero-order chi connectivity index (χ0) is 10.8. The molecule has 0 aromatic rings. The summed E-state index contributed by atoms with van der Waals surface area (Å²) in [6.45, 7) is 3.72. The minimum Gasteiger partial charge on any atom is -0.373 e. The van der Waals surface area contributed by atoms with Crippen molar-refractivity contribution in [3.05, 3.63) is 0 Å². The van der Waals surface area contributed by atoms with Crippen molar-refractivity contribution in [1.29, 1.82) is 0 Å². The van der Waals surface area contributed by atoms with Gasteiger partial charge in [-0.1, -0.05) is 0 Å². The summed E-state index contributed by atoms with van der Waals surface area (Å²) in [4.78, 5) is 15.9. The third kappa shape index (κ3) is 2.14. The first-order valence-corrected chi connectivity index (χ1v) is 5.46. The molecule has 2 atom stereocenters. The van der Waals surface area contributed by atoms with E-state index in [1.807, 2.05) is 4.90 Å². The van der Waals surface area contributed by atoms with Crippen LogP contribution in [0.4, 0.5) is 0 Å². The van der Waals surface area contributed by atoms with Crippen molar-refractivity contribution < 1.29 is 9.53 Å². The molecule has 5 nitrogen and oxygen atoms in total. The Morgan fingerprint density at radius 3 is 3.00 bits per heavy atom. The van der Waals surface area contributed by atoms with E-state index in [1.165, 1.54) is 0 Å². The topological polar surface area (TPSA) is 44.8 Å². The molecular formula is C10H19N3O2. The van der Waals surface area contributed by atoms with Crippen LogP contribution in [0.1, 0.15) is 0 Å². The molecule has 5 heteroatoms. The van der Waals surface area contributed by atoms with Gasteiger partial charge in [-0.25, -0.2) is 0 Å². The van der Waals surface area contributed by atoms with E-state index in [9.17, 15) is 4.79 Å². The zero-order valence-corrected chi connectivity index (χ0v) is 9.40. The molecule has 1 N–H and O–H groups in total. The number of likely N-dealkylation sites (tertiary alicyclic amines) is 1. The molecule has 2 heterocycles. The van der Waals surface area contributed by atoms with Gasteiger partial charge >= 0.3 is 0 Å². The fraction of sp³-hybridized carbons (Fsp3) is 0.900. The number of carbonyl (C=O) groups excluding carboxylic acids is 1. The van der Waals surface area contributed by atoms with E-state index in [1.54, 1.807) is 7.05 Å². The van der Waals surface area contributed by atoms with Crippen molar-refractivity contribution in [2.45, 2.75) is 12.1 Å². The summed E-state index contributed by atoms with van der Waals surface area (Å²) in [5.41, 5.74) is 0. The number of morpholine rings is 1. The van der Waals surface area contributed by atoms with Crippen LogP contribution in [-0.2, 0) is 9.53 Å². The first kappa shape index (κ1) is 10.9. The monoisotopic (exact) mass is 213 g/mol. The van der Waals surface area contributed by atoms with Crippen molar-refractivity contribution in [3.63, 3.8) is 0 Å². The third-order valence-corrected chi connectivity index (χ3v) is 3.26. The quantitative estimate of drug-likeness (QED) is 0.622. The lowest BCUT2D eigenvalue weighted by atomic mass is 10.1. The molecule has 2 unspecified atom stereocenters. The molecule has 0 aliphatic carbocycles. The summed E-state index contributed by atoms with van der Waals surface area (Å²) in [6, 6.07) is 0.388. The Morgan fingerprint density at radius 1 is 1.53 bits per heavy atom. The van der Waals surface area contributed by atoms with Gasteiger partial charge in [0.15, 0.2) is 0 Å². The van der Waals surface area contributed by atoms with Crippen LogP contribution in [-0.4, -0.2) is 74.7 Å². The lowest BCUT2D eigenvalue weighted by Gasteiger charge is -2.33. The molecule has 0 aromatic heterocycles. The van der Waals surface area contributed by atoms with Gasteiger partial charge in [0.2, 0.25) is 5.91 Å². The van der Waals surface area contributed by atoms with Gasteiger partial charge in [-0.2, -0.15) is 0 Å². The second-order valence-corrected chi connectivity index (χ2v) is 4.29. The zero-order valence-electron chi connectivity index (χ0n) is 9.40. The summed E-state index contributed by atoms with van der Waals surface area (Å²) in [5.74, 6) is 0.170. The van der Waals surface area contributed by atoms with Gasteiger partial charge in [0.05, 0.1) is 25.3 Å². The maximum absolute atomic E-state index is 11.7. The van der Waals surface area contributed by atoms with Crippen LogP contribution >= 0.6 is 0 Å². The SMILES string of the molecule is CNCC(=O)N1CC2OCCN(C)C2C1. The number of hydrogen-bond acceptors (Lipinski definition) is 4. The van der Waals surface area contributed by atoms with E-state index in [0.717, 1.165) is 26.2 Å². The average Bonchev–Trinajstić information content (AvgIpc) is 2.63. The molecular weight excluding hydrogens is 194 g/mol. The molecule has 0 radical (unpaired) electrons. The van der Waals surface area contributed by atoms with Crippen molar-refractivity contribution in [3.8, 4) is 0 Å². The molecule has 0 spiro atoms. The van der Waals surface area contributed by atoms with Crippen LogP contribution in [0, 0.1) is 0 Å². The fourth-order valence-corrected chi connectivity index (χ4v) is 2.32. The predicted molar refractivity (Wildman–Crippen MR) is 56.7 cm³/mol. The Balaban J connectivity index is 1.94. The van der Waals surface area contributed by atoms with Gasteiger partial charge in [0.25, 0.3) is 0 Å². The lowest BCUT2D eigenvalue weighted by Crippen LogP contribution is -2.48. The molecule has 2 aliphatic rings. The number of rotatable bonds is 2. The number of amides is 1. The van der Waals surface area contributed by atoms with Gasteiger partial charge in [0.1, 0.15) is 0 Å². The van der Waals surface area contributed by atoms with Crippen LogP contribution < -0.4 is 5.32 Å². The highest BCUT2D eigenvalue weighted by Crippen LogP contribution is 2.21. The van der Waals surface area contributed by atoms with Crippen LogP contribution in [0.5, 0.6) is 0 Å². The van der Waals surface area contributed by atoms with Crippen LogP contribution in [0.3, 0.4) is 0 Å². The first-order chi connectivity index (χ1) is 7.22. The molecule has 1 amide bonds. The van der Waals surface area contributed by atoms with E-state index in [2.05, 4.69) is 17.3 Å². The molecule has 2 saturated heterocycles. The number of nitrogens with one attached hydrogen (secondary N) is 1. The van der Waals surface area contributed by atoms with E-state index in [0.29, 0.717) is 12.6 Å². The number of likely N-dealkylation sites (N-methyl/N-ethyl adjacent to an activating group) is 2. The largest absolute Gasteiger partial charge is 0.373 e. The van der Waals surface area contributed by atoms with Gasteiger partial charge in [-0.05, 0) is 14.1 Å². The van der Waals surface area contributed by atoms with E-state index < -0.39 is 0 Å². The highest BCUT2D eigenvalue weighted by molar-refractivity contribution is 5.78. The van der Waals surface area contributed by atoms with Crippen LogP contribution in [0.2, 0.25) is 0 Å². The van der Waals surface area contributed by atoms with Crippen LogP contribution in [0.15, 0.2) is 0 Å². The molecule has 15 heavy (non-hydrogen) atoms. The molecule has 2 fully saturated rings. The highest BCUT2D eigenvalue weighted by Gasteiger charge is 2.39. The smallest absolute Gasteiger partial charge is 0.236 e. The number of hydrogen-bond donors (Lipinski definition) is 1. The summed E-state index contributed by atoms with van der Waals surface area (Å²) in [7, 11) is 3.90. The second kappa shape index (κ2) is 4.47. The summed E-state index contributed by atoms with van der Waals surface area (Å²) >= 11 is 0. The minimum absolute atomic E-state index is 0.170. The Kier molecular flexibility index (Phi) is 3.23. The standard InChI is InChI=1S/C10H19N3O2/c1-11-5-10(14)13-6-8-9(7-13)15-4-3-12(8)2/h8-9,11H,3-7H2,1-2H3. The Morgan fingerprint density at radius 2 is 2.33 bits per heavy atom. The van der Waals surface area contributed by atoms with Gasteiger partial charge < -0.3 is 15.0 Å². The summed E-state index contributed by atoms with van der Waals surface area (Å²) < 4.78 is 5.67. The maximum Gasteiger partial charge on any atom is 0.236 e. The Bertz CT molecular complexity index is 247. The number of carbonyl (C=O) groups is 1. The average molecular weight is 213 g/mol. The Labute approximate surface area is 90.4 Å². The number of ether oxygens (including phenoxy) is 1. The molecule has 2 aliphatic heterocycles. The number of nitrogens with zero attached hydrogens (tertiary/aromatic N) is 2. The number of fused-ring (bicyclic) bond motifs is 1. The maximum atomic E-state index is 11.7. The summed E-state index contributed by atoms with van der Waals surface area (Å²) in [6.07, 6.45) is 0.213. The van der Waals surface area contributed by atoms with Crippen LogP contribution in [0.25, 0.3) is 0 Å². The molecule has 0 bridgehead atoms. The Hall–Kier alpha value is -0.650. The van der Waals surface area contributed by atoms with E-state index in [-0.39, 0.29) is 12.0 Å². The summed E-state index contributed by atoms with van der Waals surface area (Å²) in [5, 5.41) is 2.89. The molecule has 0 saturated carbocycles. The van der Waals surface area contributed by atoms with Crippen molar-refractivity contribution in [2.24, 2.45) is 0 Å². The molecule has 86 valence electrons. The minimum atomic E-state index is 0.170. The van der Waals surface area contributed by atoms with E-state index >= 15 is 0 Å². The second-order valence-electron chi connectivity index (χ2n) is 4.29. The third-order valence-electron chi connectivity index (χ3n) is 3.26. The fourth-order valence-electron chi connectivity index (χ4n) is 2.32. The van der Waals surface area contributed by atoms with Gasteiger partial charge in [-0.3, -0.25) is 9.69 Å². The lowest BCUT2D eigenvalue weighted by molar-refractivity contribution is -0.129. The van der Waals surface area contributed by atoms with Crippen molar-refractivity contribution in [1.82, 2.24) is 15.1 Å². The highest BCUT2D eigenvalue weighted by atomic mass is 16.5. The van der Waals surface area contributed by atoms with Gasteiger partial charge in [-0.15, -0.1) is 0 Å². The van der Waals surface area contributed by atoms with Crippen molar-refractivity contribution >= 4 is 5.91 Å². The van der Waals surface area contributed by atoms with E-state index in [4.69, 9.17) is 4.74 Å². The normalized spacial score (nSPS) is 31.7.